The average molecular weight is 481 g/mol. The van der Waals surface area contributed by atoms with Crippen molar-refractivity contribution in [2.45, 2.75) is 19.0 Å². The molecular weight excluding hydrogens is 459 g/mol. The molecule has 0 aliphatic carbocycles. The Morgan fingerprint density at radius 2 is 1.51 bits per heavy atom. The lowest BCUT2D eigenvalue weighted by atomic mass is 10.0. The number of ketones is 1. The Balaban J connectivity index is 1.45. The third-order valence-corrected chi connectivity index (χ3v) is 5.41. The van der Waals surface area contributed by atoms with E-state index in [-0.39, 0.29) is 18.6 Å². The second-order valence-corrected chi connectivity index (χ2v) is 7.87. The molecule has 0 bridgehead atoms. The third kappa shape index (κ3) is 5.71. The minimum atomic E-state index is -4.44. The van der Waals surface area contributed by atoms with E-state index in [2.05, 4.69) is 4.98 Å². The van der Waals surface area contributed by atoms with Crippen LogP contribution in [0.4, 0.5) is 13.2 Å². The third-order valence-electron chi connectivity index (χ3n) is 5.41. The fourth-order valence-electron chi connectivity index (χ4n) is 3.71. The van der Waals surface area contributed by atoms with E-state index in [1.807, 2.05) is 0 Å². The van der Waals surface area contributed by atoms with Crippen LogP contribution in [-0.2, 0) is 23.8 Å². The van der Waals surface area contributed by atoms with Crippen LogP contribution in [0.25, 0.3) is 10.9 Å². The summed E-state index contributed by atoms with van der Waals surface area (Å²) in [6.45, 7) is 0. The van der Waals surface area contributed by atoms with Crippen molar-refractivity contribution in [1.82, 2.24) is 4.98 Å². The number of rotatable bonds is 8. The molecule has 35 heavy (non-hydrogen) atoms. The number of fused-ring (bicyclic) bond motifs is 1. The molecule has 0 atom stereocenters. The van der Waals surface area contributed by atoms with E-state index < -0.39 is 11.7 Å². The molecule has 0 radical (unpaired) electrons. The first kappa shape index (κ1) is 24.1. The van der Waals surface area contributed by atoms with E-state index in [1.54, 1.807) is 62.9 Å². The van der Waals surface area contributed by atoms with Crippen molar-refractivity contribution < 1.29 is 32.2 Å². The van der Waals surface area contributed by atoms with E-state index in [4.69, 9.17) is 14.2 Å². The van der Waals surface area contributed by atoms with Crippen molar-refractivity contribution in [3.05, 3.63) is 89.6 Å². The molecule has 0 unspecified atom stereocenters. The second-order valence-electron chi connectivity index (χ2n) is 7.87. The minimum Gasteiger partial charge on any atom is -0.493 e. The van der Waals surface area contributed by atoms with Crippen LogP contribution in [0.5, 0.6) is 23.0 Å². The topological polar surface area (TPSA) is 57.7 Å². The summed E-state index contributed by atoms with van der Waals surface area (Å²) in [6.07, 6.45) is -2.78. The van der Waals surface area contributed by atoms with Crippen molar-refractivity contribution >= 4 is 16.7 Å². The normalized spacial score (nSPS) is 11.3. The van der Waals surface area contributed by atoms with Gasteiger partial charge in [0.05, 0.1) is 25.3 Å². The van der Waals surface area contributed by atoms with Gasteiger partial charge in [0, 0.05) is 30.5 Å². The van der Waals surface area contributed by atoms with Gasteiger partial charge < -0.3 is 14.2 Å². The Morgan fingerprint density at radius 1 is 0.829 bits per heavy atom. The first-order valence-electron chi connectivity index (χ1n) is 10.7. The number of carbonyl (C=O) groups is 1. The predicted molar refractivity (Wildman–Crippen MR) is 125 cm³/mol. The Hall–Kier alpha value is -4.07. The van der Waals surface area contributed by atoms with E-state index in [1.165, 1.54) is 12.1 Å². The van der Waals surface area contributed by atoms with Crippen molar-refractivity contribution in [3.8, 4) is 23.0 Å². The largest absolute Gasteiger partial charge is 0.493 e. The second kappa shape index (κ2) is 10.0. The van der Waals surface area contributed by atoms with Gasteiger partial charge in [-0.2, -0.15) is 13.2 Å². The molecule has 0 fully saturated rings. The summed E-state index contributed by atoms with van der Waals surface area (Å²) >= 11 is 0. The van der Waals surface area contributed by atoms with Gasteiger partial charge in [0.2, 0.25) is 0 Å². The number of Topliss-reactive ketones (excluding diaryl/α,β-unsaturated/α-hetero) is 1. The lowest BCUT2D eigenvalue weighted by Gasteiger charge is -2.12. The number of methoxy groups -OCH3 is 2. The number of hydrogen-bond donors (Lipinski definition) is 0. The molecule has 5 nitrogen and oxygen atoms in total. The Kier molecular flexibility index (Phi) is 6.91. The van der Waals surface area contributed by atoms with Crippen LogP contribution in [0, 0.1) is 0 Å². The Morgan fingerprint density at radius 3 is 2.20 bits per heavy atom. The number of ether oxygens (including phenoxy) is 3. The monoisotopic (exact) mass is 481 g/mol. The van der Waals surface area contributed by atoms with Crippen LogP contribution in [0.2, 0.25) is 0 Å². The number of hydrogen-bond acceptors (Lipinski definition) is 5. The number of benzene rings is 3. The van der Waals surface area contributed by atoms with Crippen LogP contribution in [0.1, 0.15) is 16.7 Å². The molecule has 4 aromatic rings. The van der Waals surface area contributed by atoms with Gasteiger partial charge in [0.1, 0.15) is 17.3 Å². The SMILES string of the molecule is COc1cc2nccc(Oc3ccc(CC(=O)Cc4cccc(C(F)(F)F)c4)cc3)c2cc1OC. The zero-order valence-corrected chi connectivity index (χ0v) is 19.1. The van der Waals surface area contributed by atoms with E-state index in [0.717, 1.165) is 23.1 Å². The molecule has 1 heterocycles. The highest BCUT2D eigenvalue weighted by Crippen LogP contribution is 2.37. The number of carbonyl (C=O) groups excluding carboxylic acids is 1. The highest BCUT2D eigenvalue weighted by molar-refractivity contribution is 5.88. The summed E-state index contributed by atoms with van der Waals surface area (Å²) in [6, 6.07) is 17.1. The summed E-state index contributed by atoms with van der Waals surface area (Å²) in [5.41, 5.74) is 0.989. The van der Waals surface area contributed by atoms with Crippen LogP contribution in [-0.4, -0.2) is 25.0 Å². The number of halogens is 3. The number of nitrogens with zero attached hydrogens (tertiary/aromatic N) is 1. The molecule has 1 aromatic heterocycles. The summed E-state index contributed by atoms with van der Waals surface area (Å²) in [5.74, 6) is 2.06. The summed E-state index contributed by atoms with van der Waals surface area (Å²) in [7, 11) is 3.10. The van der Waals surface area contributed by atoms with Crippen molar-refractivity contribution in [3.63, 3.8) is 0 Å². The van der Waals surface area contributed by atoms with Gasteiger partial charge in [-0.15, -0.1) is 0 Å². The lowest BCUT2D eigenvalue weighted by molar-refractivity contribution is -0.137. The molecule has 0 saturated carbocycles. The highest BCUT2D eigenvalue weighted by Gasteiger charge is 2.30. The fraction of sp³-hybridized carbons (Fsp3) is 0.185. The van der Waals surface area contributed by atoms with E-state index in [9.17, 15) is 18.0 Å². The Labute approximate surface area is 200 Å². The van der Waals surface area contributed by atoms with Gasteiger partial charge in [-0.25, -0.2) is 0 Å². The first-order valence-corrected chi connectivity index (χ1v) is 10.7. The van der Waals surface area contributed by atoms with Gasteiger partial charge in [-0.3, -0.25) is 9.78 Å². The first-order chi connectivity index (χ1) is 16.8. The standard InChI is InChI=1S/C27H22F3NO4/c1-33-25-15-22-23(16-26(25)34-2)31-11-10-24(22)35-21-8-6-17(7-9-21)13-20(32)14-18-4-3-5-19(12-18)27(28,29)30/h3-12,15-16H,13-14H2,1-2H3. The molecule has 8 heteroatoms. The van der Waals surface area contributed by atoms with Crippen molar-refractivity contribution in [2.75, 3.05) is 14.2 Å². The van der Waals surface area contributed by atoms with Crippen molar-refractivity contribution in [2.24, 2.45) is 0 Å². The van der Waals surface area contributed by atoms with Gasteiger partial charge in [-0.1, -0.05) is 30.3 Å². The zero-order valence-electron chi connectivity index (χ0n) is 19.1. The molecule has 0 saturated heterocycles. The summed E-state index contributed by atoms with van der Waals surface area (Å²) < 4.78 is 55.4. The molecular formula is C27H22F3NO4. The van der Waals surface area contributed by atoms with Gasteiger partial charge in [0.25, 0.3) is 0 Å². The highest BCUT2D eigenvalue weighted by atomic mass is 19.4. The molecule has 0 N–H and O–H groups in total. The number of aromatic nitrogens is 1. The van der Waals surface area contributed by atoms with Crippen LogP contribution >= 0.6 is 0 Å². The van der Waals surface area contributed by atoms with Crippen molar-refractivity contribution in [1.29, 1.82) is 0 Å². The number of pyridine rings is 1. The summed E-state index contributed by atoms with van der Waals surface area (Å²) in [5, 5.41) is 0.741. The maximum Gasteiger partial charge on any atom is 0.416 e. The van der Waals surface area contributed by atoms with Crippen LogP contribution in [0.15, 0.2) is 72.9 Å². The van der Waals surface area contributed by atoms with E-state index in [0.29, 0.717) is 34.1 Å². The predicted octanol–water partition coefficient (Wildman–Crippen LogP) is 6.42. The van der Waals surface area contributed by atoms with Gasteiger partial charge in [0.15, 0.2) is 11.5 Å². The average Bonchev–Trinajstić information content (AvgIpc) is 2.84. The summed E-state index contributed by atoms with van der Waals surface area (Å²) in [4.78, 5) is 16.8. The fourth-order valence-corrected chi connectivity index (χ4v) is 3.71. The van der Waals surface area contributed by atoms with Gasteiger partial charge >= 0.3 is 6.18 Å². The maximum absolute atomic E-state index is 12.9. The number of alkyl halides is 3. The van der Waals surface area contributed by atoms with Gasteiger partial charge in [-0.05, 0) is 41.5 Å². The zero-order chi connectivity index (χ0) is 25.0. The molecule has 4 rings (SSSR count). The quantitative estimate of drug-likeness (QED) is 0.291. The smallest absolute Gasteiger partial charge is 0.416 e. The molecule has 0 amide bonds. The minimum absolute atomic E-state index is 0.0729. The molecule has 180 valence electrons. The molecule has 3 aromatic carbocycles. The molecule has 0 aliphatic rings. The molecule has 0 spiro atoms. The molecule has 0 aliphatic heterocycles. The Bertz CT molecular complexity index is 1350. The van der Waals surface area contributed by atoms with Crippen LogP contribution in [0.3, 0.4) is 0 Å². The van der Waals surface area contributed by atoms with E-state index >= 15 is 0 Å². The maximum atomic E-state index is 12.9. The lowest BCUT2D eigenvalue weighted by Crippen LogP contribution is -2.09. The van der Waals surface area contributed by atoms with Crippen LogP contribution < -0.4 is 14.2 Å².